The second kappa shape index (κ2) is 7.80. The van der Waals surface area contributed by atoms with E-state index in [4.69, 9.17) is 0 Å². The quantitative estimate of drug-likeness (QED) is 0.534. The Hall–Kier alpha value is -0.440. The summed E-state index contributed by atoms with van der Waals surface area (Å²) in [5.41, 5.74) is 0. The normalized spacial score (nSPS) is 10.8. The number of thioether (sulfide) groups is 1. The molecule has 0 fully saturated rings. The summed E-state index contributed by atoms with van der Waals surface area (Å²) in [6.45, 7) is 4.46. The number of H-pyrrole nitrogens is 1. The van der Waals surface area contributed by atoms with Gasteiger partial charge in [-0.05, 0) is 12.2 Å². The van der Waals surface area contributed by atoms with E-state index in [0.29, 0.717) is 0 Å². The van der Waals surface area contributed by atoms with Gasteiger partial charge in [0.05, 0.1) is 0 Å². The summed E-state index contributed by atoms with van der Waals surface area (Å²) in [4.78, 5) is 3.34. The van der Waals surface area contributed by atoms with E-state index in [0.717, 1.165) is 5.88 Å². The van der Waals surface area contributed by atoms with E-state index in [2.05, 4.69) is 29.6 Å². The third-order valence-corrected chi connectivity index (χ3v) is 3.42. The molecule has 0 aliphatic rings. The number of rotatable bonds is 8. The van der Waals surface area contributed by atoms with Gasteiger partial charge in [-0.25, -0.2) is 9.55 Å². The summed E-state index contributed by atoms with van der Waals surface area (Å²) < 4.78 is 2.33. The van der Waals surface area contributed by atoms with Crippen LogP contribution in [0.1, 0.15) is 45.4 Å². The Bertz CT molecular complexity index is 258. The number of hydrogen-bond donors (Lipinski definition) is 1. The summed E-state index contributed by atoms with van der Waals surface area (Å²) in [6.07, 6.45) is 10.7. The molecule has 0 saturated carbocycles. The molecule has 0 aliphatic carbocycles. The molecule has 86 valence electrons. The average Bonchev–Trinajstić information content (AvgIpc) is 2.69. The molecule has 0 amide bonds. The molecule has 0 saturated heterocycles. The highest BCUT2D eigenvalue weighted by atomic mass is 32.2. The van der Waals surface area contributed by atoms with Crippen molar-refractivity contribution in [2.75, 3.05) is 5.75 Å². The molecule has 0 atom stereocenters. The largest absolute Gasteiger partial charge is 0.254 e. The minimum atomic E-state index is 1.09. The Morgan fingerprint density at radius 3 is 2.87 bits per heavy atom. The Morgan fingerprint density at radius 1 is 1.27 bits per heavy atom. The number of aromatic nitrogens is 2. The predicted molar refractivity (Wildman–Crippen MR) is 67.0 cm³/mol. The van der Waals surface area contributed by atoms with Crippen LogP contribution in [0.15, 0.2) is 12.4 Å². The zero-order chi connectivity index (χ0) is 10.9. The molecule has 0 radical (unpaired) electrons. The molecule has 3 heteroatoms. The maximum Gasteiger partial charge on any atom is 0.254 e. The molecule has 1 aromatic rings. The number of nitrogens with zero attached hydrogens (tertiary/aromatic N) is 1. The molecule has 1 N–H and O–H groups in total. The maximum atomic E-state index is 3.34. The van der Waals surface area contributed by atoms with Crippen molar-refractivity contribution >= 4 is 11.8 Å². The number of hydrogen-bond acceptors (Lipinski definition) is 1. The van der Waals surface area contributed by atoms with Crippen LogP contribution in [0.25, 0.3) is 0 Å². The van der Waals surface area contributed by atoms with Crippen LogP contribution in [0, 0.1) is 0 Å². The molecular formula is C12H23N2S+. The van der Waals surface area contributed by atoms with Crippen LogP contribution >= 0.6 is 11.8 Å². The lowest BCUT2D eigenvalue weighted by Gasteiger charge is -1.99. The van der Waals surface area contributed by atoms with Gasteiger partial charge in [0.2, 0.25) is 0 Å². The Morgan fingerprint density at radius 2 is 2.13 bits per heavy atom. The van der Waals surface area contributed by atoms with E-state index in [-0.39, 0.29) is 0 Å². The predicted octanol–water partition coefficient (Wildman–Crippen LogP) is 3.14. The lowest BCUT2D eigenvalue weighted by Crippen LogP contribution is -2.34. The van der Waals surface area contributed by atoms with Gasteiger partial charge in [0.1, 0.15) is 18.3 Å². The topological polar surface area (TPSA) is 19.7 Å². The fourth-order valence-corrected chi connectivity index (χ4v) is 2.26. The van der Waals surface area contributed by atoms with E-state index < -0.39 is 0 Å². The molecule has 0 spiro atoms. The van der Waals surface area contributed by atoms with Gasteiger partial charge >= 0.3 is 0 Å². The van der Waals surface area contributed by atoms with Crippen molar-refractivity contribution in [2.45, 2.75) is 51.8 Å². The summed E-state index contributed by atoms with van der Waals surface area (Å²) in [5, 5.41) is 0. The standard InChI is InChI=1S/C12H22N2S/c1-3-5-6-7-8-12-13-9-10-14(12)11-15-4-2/h9-10H,3-8,11H2,1-2H3/p+1. The molecule has 0 bridgehead atoms. The number of unbranched alkanes of at least 4 members (excludes halogenated alkanes) is 3. The van der Waals surface area contributed by atoms with Crippen LogP contribution < -0.4 is 4.57 Å². The van der Waals surface area contributed by atoms with Gasteiger partial charge in [-0.15, -0.1) is 11.8 Å². The molecule has 1 aromatic heterocycles. The molecule has 2 nitrogen and oxygen atoms in total. The molecule has 1 heterocycles. The minimum Gasteiger partial charge on any atom is -0.248 e. The number of aryl methyl sites for hydroxylation is 1. The van der Waals surface area contributed by atoms with Crippen molar-refractivity contribution in [1.29, 1.82) is 0 Å². The molecule has 0 aliphatic heterocycles. The second-order valence-electron chi connectivity index (χ2n) is 3.81. The zero-order valence-electron chi connectivity index (χ0n) is 9.96. The molecule has 0 aromatic carbocycles. The summed E-state index contributed by atoms with van der Waals surface area (Å²) in [5.74, 6) is 3.66. The van der Waals surface area contributed by atoms with E-state index in [1.54, 1.807) is 0 Å². The smallest absolute Gasteiger partial charge is 0.248 e. The minimum absolute atomic E-state index is 1.09. The van der Waals surface area contributed by atoms with Gasteiger partial charge in [-0.3, -0.25) is 0 Å². The van der Waals surface area contributed by atoms with E-state index in [1.165, 1.54) is 43.7 Å². The second-order valence-corrected chi connectivity index (χ2v) is 5.05. The van der Waals surface area contributed by atoms with Crippen LogP contribution in [-0.2, 0) is 12.3 Å². The highest BCUT2D eigenvalue weighted by molar-refractivity contribution is 7.98. The first-order valence-corrected chi connectivity index (χ1v) is 7.17. The van der Waals surface area contributed by atoms with Crippen LogP contribution in [-0.4, -0.2) is 10.7 Å². The first-order chi connectivity index (χ1) is 7.38. The van der Waals surface area contributed by atoms with Crippen LogP contribution in [0.3, 0.4) is 0 Å². The Labute approximate surface area is 97.5 Å². The van der Waals surface area contributed by atoms with Gasteiger partial charge in [0.15, 0.2) is 0 Å². The van der Waals surface area contributed by atoms with Gasteiger partial charge in [-0.1, -0.05) is 33.1 Å². The van der Waals surface area contributed by atoms with Crippen LogP contribution in [0.5, 0.6) is 0 Å². The number of aromatic amines is 1. The molecule has 1 rings (SSSR count). The van der Waals surface area contributed by atoms with Crippen molar-refractivity contribution in [3.05, 3.63) is 18.2 Å². The van der Waals surface area contributed by atoms with Gasteiger partial charge in [0.25, 0.3) is 5.82 Å². The fraction of sp³-hybridized carbons (Fsp3) is 0.750. The lowest BCUT2D eigenvalue weighted by molar-refractivity contribution is -0.682. The Kier molecular flexibility index (Phi) is 6.57. The Balaban J connectivity index is 2.29. The summed E-state index contributed by atoms with van der Waals surface area (Å²) in [7, 11) is 0. The molecular weight excluding hydrogens is 204 g/mol. The lowest BCUT2D eigenvalue weighted by atomic mass is 10.1. The SMILES string of the molecule is CCCCCCc1[nH]cc[n+]1CSCC. The van der Waals surface area contributed by atoms with Crippen molar-refractivity contribution in [1.82, 2.24) is 4.98 Å². The number of imidazole rings is 1. The first kappa shape index (κ1) is 12.6. The van der Waals surface area contributed by atoms with Gasteiger partial charge in [-0.2, -0.15) is 0 Å². The molecule has 0 unspecified atom stereocenters. The van der Waals surface area contributed by atoms with Crippen LogP contribution in [0.4, 0.5) is 0 Å². The monoisotopic (exact) mass is 227 g/mol. The van der Waals surface area contributed by atoms with Gasteiger partial charge in [0, 0.05) is 6.42 Å². The highest BCUT2D eigenvalue weighted by Gasteiger charge is 2.08. The van der Waals surface area contributed by atoms with Crippen LogP contribution in [0.2, 0.25) is 0 Å². The maximum absolute atomic E-state index is 3.34. The van der Waals surface area contributed by atoms with Crippen molar-refractivity contribution in [3.8, 4) is 0 Å². The third-order valence-electron chi connectivity index (χ3n) is 2.55. The van der Waals surface area contributed by atoms with E-state index >= 15 is 0 Å². The van der Waals surface area contributed by atoms with Gasteiger partial charge < -0.3 is 0 Å². The first-order valence-electron chi connectivity index (χ1n) is 6.02. The summed E-state index contributed by atoms with van der Waals surface area (Å²) >= 11 is 1.97. The molecule has 15 heavy (non-hydrogen) atoms. The number of nitrogens with one attached hydrogen (secondary N) is 1. The van der Waals surface area contributed by atoms with Crippen molar-refractivity contribution in [2.24, 2.45) is 0 Å². The fourth-order valence-electron chi connectivity index (χ4n) is 1.64. The third kappa shape index (κ3) is 4.74. The van der Waals surface area contributed by atoms with E-state index in [1.807, 2.05) is 18.0 Å². The highest BCUT2D eigenvalue weighted by Crippen LogP contribution is 2.04. The van der Waals surface area contributed by atoms with Crippen molar-refractivity contribution < 1.29 is 4.57 Å². The summed E-state index contributed by atoms with van der Waals surface area (Å²) in [6, 6.07) is 0. The van der Waals surface area contributed by atoms with Crippen molar-refractivity contribution in [3.63, 3.8) is 0 Å². The average molecular weight is 227 g/mol. The van der Waals surface area contributed by atoms with E-state index in [9.17, 15) is 0 Å². The zero-order valence-corrected chi connectivity index (χ0v) is 10.8.